The molecule has 0 saturated heterocycles. The number of hydrogen-bond acceptors (Lipinski definition) is 3. The lowest BCUT2D eigenvalue weighted by Gasteiger charge is -2.17. The smallest absolute Gasteiger partial charge is 0.269 e. The van der Waals surface area contributed by atoms with Crippen molar-refractivity contribution in [1.29, 1.82) is 0 Å². The topological polar surface area (TPSA) is 50.2 Å². The standard InChI is InChI=1S/C14H16N4O/c1-17(12-5-3-2-4-6-12)10-11-9-13-14(19)15-7-8-18(13)16-11/h2-6,9H,7-8,10H2,1H3,(H,15,19). The number of carbonyl (C=O) groups excluding carboxylic acids is 1. The highest BCUT2D eigenvalue weighted by Crippen LogP contribution is 2.15. The molecule has 0 saturated carbocycles. The van der Waals surface area contributed by atoms with Gasteiger partial charge < -0.3 is 10.2 Å². The average Bonchev–Trinajstić information content (AvgIpc) is 2.84. The summed E-state index contributed by atoms with van der Waals surface area (Å²) in [7, 11) is 2.02. The van der Waals surface area contributed by atoms with E-state index < -0.39 is 0 Å². The van der Waals surface area contributed by atoms with Crippen LogP contribution in [0.25, 0.3) is 0 Å². The van der Waals surface area contributed by atoms with Gasteiger partial charge in [0, 0.05) is 19.3 Å². The number of anilines is 1. The monoisotopic (exact) mass is 256 g/mol. The lowest BCUT2D eigenvalue weighted by Crippen LogP contribution is -2.35. The number of nitrogens with zero attached hydrogens (tertiary/aromatic N) is 3. The van der Waals surface area contributed by atoms with Crippen molar-refractivity contribution in [2.75, 3.05) is 18.5 Å². The maximum atomic E-state index is 11.7. The number of nitrogens with one attached hydrogen (secondary N) is 1. The summed E-state index contributed by atoms with van der Waals surface area (Å²) in [5.74, 6) is -0.0348. The first-order valence-electron chi connectivity index (χ1n) is 6.35. The zero-order chi connectivity index (χ0) is 13.2. The first-order valence-corrected chi connectivity index (χ1v) is 6.35. The number of fused-ring (bicyclic) bond motifs is 1. The largest absolute Gasteiger partial charge is 0.369 e. The number of para-hydroxylation sites is 1. The second-order valence-electron chi connectivity index (χ2n) is 4.69. The van der Waals surface area contributed by atoms with E-state index in [-0.39, 0.29) is 5.91 Å². The quantitative estimate of drug-likeness (QED) is 0.899. The first kappa shape index (κ1) is 11.8. The fourth-order valence-electron chi connectivity index (χ4n) is 2.28. The molecule has 0 bridgehead atoms. The molecule has 3 rings (SSSR count). The SMILES string of the molecule is CN(Cc1cc2n(n1)CCNC2=O)c1ccccc1. The fourth-order valence-corrected chi connectivity index (χ4v) is 2.28. The van der Waals surface area contributed by atoms with E-state index in [0.29, 0.717) is 18.8 Å². The van der Waals surface area contributed by atoms with Crippen molar-refractivity contribution < 1.29 is 4.79 Å². The van der Waals surface area contributed by atoms with Crippen molar-refractivity contribution in [3.63, 3.8) is 0 Å². The molecule has 1 amide bonds. The van der Waals surface area contributed by atoms with E-state index in [2.05, 4.69) is 27.4 Å². The van der Waals surface area contributed by atoms with Crippen molar-refractivity contribution in [2.24, 2.45) is 0 Å². The summed E-state index contributed by atoms with van der Waals surface area (Å²) < 4.78 is 1.78. The van der Waals surface area contributed by atoms with Crippen LogP contribution in [0.15, 0.2) is 36.4 Å². The molecule has 2 heterocycles. The molecule has 19 heavy (non-hydrogen) atoms. The molecule has 1 aromatic heterocycles. The van der Waals surface area contributed by atoms with Gasteiger partial charge in [-0.25, -0.2) is 0 Å². The third kappa shape index (κ3) is 2.31. The third-order valence-corrected chi connectivity index (χ3v) is 3.27. The van der Waals surface area contributed by atoms with E-state index in [0.717, 1.165) is 17.9 Å². The summed E-state index contributed by atoms with van der Waals surface area (Å²) in [6, 6.07) is 12.0. The van der Waals surface area contributed by atoms with Crippen LogP contribution in [0.3, 0.4) is 0 Å². The van der Waals surface area contributed by atoms with Gasteiger partial charge in [0.2, 0.25) is 0 Å². The summed E-state index contributed by atoms with van der Waals surface area (Å²) in [5, 5.41) is 7.30. The minimum atomic E-state index is -0.0348. The average molecular weight is 256 g/mol. The Bertz CT molecular complexity index is 591. The van der Waals surface area contributed by atoms with Gasteiger partial charge in [-0.2, -0.15) is 5.10 Å². The Morgan fingerprint density at radius 3 is 2.89 bits per heavy atom. The molecule has 1 aromatic carbocycles. The maximum absolute atomic E-state index is 11.7. The molecule has 5 heteroatoms. The summed E-state index contributed by atoms with van der Waals surface area (Å²) >= 11 is 0. The zero-order valence-electron chi connectivity index (χ0n) is 10.8. The molecule has 0 spiro atoms. The highest BCUT2D eigenvalue weighted by molar-refractivity contribution is 5.93. The van der Waals surface area contributed by atoms with E-state index >= 15 is 0 Å². The predicted molar refractivity (Wildman–Crippen MR) is 73.1 cm³/mol. The molecule has 0 atom stereocenters. The van der Waals surface area contributed by atoms with Gasteiger partial charge >= 0.3 is 0 Å². The van der Waals surface area contributed by atoms with E-state index in [1.54, 1.807) is 4.68 Å². The molecule has 98 valence electrons. The van der Waals surface area contributed by atoms with Gasteiger partial charge in [-0.1, -0.05) is 18.2 Å². The van der Waals surface area contributed by atoms with E-state index in [1.807, 2.05) is 31.3 Å². The normalized spacial score (nSPS) is 13.8. The van der Waals surface area contributed by atoms with Crippen LogP contribution in [-0.2, 0) is 13.1 Å². The lowest BCUT2D eigenvalue weighted by atomic mass is 10.2. The van der Waals surface area contributed by atoms with Crippen molar-refractivity contribution in [3.05, 3.63) is 47.8 Å². The maximum Gasteiger partial charge on any atom is 0.269 e. The Balaban J connectivity index is 1.79. The van der Waals surface area contributed by atoms with Gasteiger partial charge in [0.05, 0.1) is 18.8 Å². The molecule has 1 aliphatic rings. The van der Waals surface area contributed by atoms with Crippen molar-refractivity contribution in [2.45, 2.75) is 13.1 Å². The van der Waals surface area contributed by atoms with Crippen LogP contribution in [0.2, 0.25) is 0 Å². The molecule has 0 fully saturated rings. The summed E-state index contributed by atoms with van der Waals surface area (Å²) in [5.41, 5.74) is 2.71. The second kappa shape index (κ2) is 4.76. The van der Waals surface area contributed by atoms with Gasteiger partial charge in [0.1, 0.15) is 5.69 Å². The minimum absolute atomic E-state index is 0.0348. The van der Waals surface area contributed by atoms with Gasteiger partial charge in [-0.3, -0.25) is 9.48 Å². The number of hydrogen-bond donors (Lipinski definition) is 1. The molecule has 1 N–H and O–H groups in total. The van der Waals surface area contributed by atoms with Crippen LogP contribution in [0.1, 0.15) is 16.2 Å². The Morgan fingerprint density at radius 2 is 2.16 bits per heavy atom. The number of aromatic nitrogens is 2. The molecule has 0 radical (unpaired) electrons. The fraction of sp³-hybridized carbons (Fsp3) is 0.286. The van der Waals surface area contributed by atoms with Gasteiger partial charge in [0.25, 0.3) is 5.91 Å². The van der Waals surface area contributed by atoms with Crippen LogP contribution < -0.4 is 10.2 Å². The number of rotatable bonds is 3. The molecule has 2 aromatic rings. The van der Waals surface area contributed by atoms with Crippen LogP contribution in [0, 0.1) is 0 Å². The van der Waals surface area contributed by atoms with Crippen LogP contribution >= 0.6 is 0 Å². The Labute approximate surface area is 111 Å². The minimum Gasteiger partial charge on any atom is -0.369 e. The molecular formula is C14H16N4O. The first-order chi connectivity index (χ1) is 9.24. The van der Waals surface area contributed by atoms with Gasteiger partial charge in [-0.15, -0.1) is 0 Å². The Kier molecular flexibility index (Phi) is 2.95. The van der Waals surface area contributed by atoms with E-state index in [4.69, 9.17) is 0 Å². The van der Waals surface area contributed by atoms with Crippen molar-refractivity contribution in [1.82, 2.24) is 15.1 Å². The summed E-state index contributed by atoms with van der Waals surface area (Å²) in [6.07, 6.45) is 0. The number of amides is 1. The second-order valence-corrected chi connectivity index (χ2v) is 4.69. The van der Waals surface area contributed by atoms with Crippen LogP contribution in [-0.4, -0.2) is 29.3 Å². The van der Waals surface area contributed by atoms with Crippen molar-refractivity contribution >= 4 is 11.6 Å². The summed E-state index contributed by atoms with van der Waals surface area (Å²) in [4.78, 5) is 13.8. The number of carbonyl (C=O) groups is 1. The predicted octanol–water partition coefficient (Wildman–Crippen LogP) is 1.26. The highest BCUT2D eigenvalue weighted by atomic mass is 16.2. The van der Waals surface area contributed by atoms with Crippen molar-refractivity contribution in [3.8, 4) is 0 Å². The van der Waals surface area contributed by atoms with Crippen LogP contribution in [0.5, 0.6) is 0 Å². The lowest BCUT2D eigenvalue weighted by molar-refractivity contribution is 0.0924. The van der Waals surface area contributed by atoms with Gasteiger partial charge in [0.15, 0.2) is 0 Å². The van der Waals surface area contributed by atoms with Gasteiger partial charge in [-0.05, 0) is 18.2 Å². The number of benzene rings is 1. The molecular weight excluding hydrogens is 240 g/mol. The Morgan fingerprint density at radius 1 is 1.37 bits per heavy atom. The highest BCUT2D eigenvalue weighted by Gasteiger charge is 2.19. The van der Waals surface area contributed by atoms with E-state index in [1.165, 1.54) is 0 Å². The third-order valence-electron chi connectivity index (χ3n) is 3.27. The molecule has 0 unspecified atom stereocenters. The van der Waals surface area contributed by atoms with E-state index in [9.17, 15) is 4.79 Å². The molecule has 0 aliphatic carbocycles. The zero-order valence-corrected chi connectivity index (χ0v) is 10.8. The molecule has 1 aliphatic heterocycles. The van der Waals surface area contributed by atoms with Crippen LogP contribution in [0.4, 0.5) is 5.69 Å². The molecule has 5 nitrogen and oxygen atoms in total. The summed E-state index contributed by atoms with van der Waals surface area (Å²) in [6.45, 7) is 2.09. The Hall–Kier alpha value is -2.30.